The summed E-state index contributed by atoms with van der Waals surface area (Å²) in [5.74, 6) is 0.867. The molecule has 0 aromatic rings. The van der Waals surface area contributed by atoms with Crippen molar-refractivity contribution in [3.8, 4) is 0 Å². The van der Waals surface area contributed by atoms with Crippen LogP contribution in [-0.4, -0.2) is 11.2 Å². The fourth-order valence-corrected chi connectivity index (χ4v) is 7.68. The number of hydrogen-bond donors (Lipinski definition) is 1. The Morgan fingerprint density at radius 1 is 0.417 bits per heavy atom. The molecular formula is C33H58O3. The van der Waals surface area contributed by atoms with E-state index in [0.29, 0.717) is 11.8 Å². The fraction of sp³-hybridized carbons (Fsp3) is 0.909. The van der Waals surface area contributed by atoms with Crippen molar-refractivity contribution in [2.45, 2.75) is 173 Å². The van der Waals surface area contributed by atoms with Crippen LogP contribution in [0.3, 0.4) is 0 Å². The van der Waals surface area contributed by atoms with Crippen LogP contribution < -0.4 is 0 Å². The lowest BCUT2D eigenvalue weighted by Crippen LogP contribution is -2.26. The molecule has 0 saturated heterocycles. The molecule has 3 heteroatoms. The third-order valence-corrected chi connectivity index (χ3v) is 9.72. The predicted octanol–water partition coefficient (Wildman–Crippen LogP) is 10.7. The molecule has 3 aliphatic carbocycles. The summed E-state index contributed by atoms with van der Waals surface area (Å²) < 4.78 is 0. The molecule has 3 aliphatic rings. The summed E-state index contributed by atoms with van der Waals surface area (Å²) in [5.41, 5.74) is 2.42. The topological polar surface area (TPSA) is 46.5 Å². The fourth-order valence-electron chi connectivity index (χ4n) is 7.68. The van der Waals surface area contributed by atoms with Crippen molar-refractivity contribution >= 4 is 5.97 Å². The first kappa shape index (κ1) is 29.7. The predicted molar refractivity (Wildman–Crippen MR) is 151 cm³/mol. The zero-order chi connectivity index (χ0) is 25.3. The molecule has 3 rings (SSSR count). The van der Waals surface area contributed by atoms with Crippen LogP contribution >= 0.6 is 0 Å². The highest BCUT2D eigenvalue weighted by atomic mass is 17.1. The van der Waals surface area contributed by atoms with Crippen LogP contribution in [-0.2, 0) is 9.68 Å². The molecule has 0 unspecified atom stereocenters. The molecule has 0 bridgehead atoms. The average Bonchev–Trinajstić information content (AvgIpc) is 2.91. The SMILES string of the molecule is O=C(OO)C(=C(C1CCCCCCCCC1)C1CCCCCCCCC1)C1CCCCCCCCC1. The van der Waals surface area contributed by atoms with Crippen LogP contribution in [0.25, 0.3) is 0 Å². The molecule has 0 amide bonds. The number of carbonyl (C=O) groups excluding carboxylic acids is 1. The highest BCUT2D eigenvalue weighted by molar-refractivity contribution is 5.89. The van der Waals surface area contributed by atoms with Gasteiger partial charge < -0.3 is 0 Å². The molecule has 36 heavy (non-hydrogen) atoms. The quantitative estimate of drug-likeness (QED) is 0.236. The van der Waals surface area contributed by atoms with Gasteiger partial charge in [0.15, 0.2) is 0 Å². The van der Waals surface area contributed by atoms with Gasteiger partial charge in [0.25, 0.3) is 0 Å². The first-order chi connectivity index (χ1) is 17.8. The van der Waals surface area contributed by atoms with Crippen LogP contribution in [0, 0.1) is 17.8 Å². The molecular weight excluding hydrogens is 444 g/mol. The standard InChI is InChI=1S/C33H58O3/c34-33(36-35)32(30-26-20-14-8-3-9-15-21-27-30)31(28-22-16-10-4-1-5-11-17-23-28)29-24-18-12-6-2-7-13-19-25-29/h28-30,35H,1-27H2. The maximum absolute atomic E-state index is 13.5. The lowest BCUT2D eigenvalue weighted by atomic mass is 9.71. The number of hydrogen-bond acceptors (Lipinski definition) is 3. The molecule has 3 nitrogen and oxygen atoms in total. The summed E-state index contributed by atoms with van der Waals surface area (Å²) in [5, 5.41) is 9.79. The van der Waals surface area contributed by atoms with Gasteiger partial charge in [-0.15, -0.1) is 0 Å². The van der Waals surface area contributed by atoms with Crippen molar-refractivity contribution in [2.24, 2.45) is 17.8 Å². The van der Waals surface area contributed by atoms with Crippen molar-refractivity contribution in [1.29, 1.82) is 0 Å². The van der Waals surface area contributed by atoms with Crippen molar-refractivity contribution in [1.82, 2.24) is 0 Å². The van der Waals surface area contributed by atoms with Gasteiger partial charge in [-0.3, -0.25) is 4.89 Å². The van der Waals surface area contributed by atoms with Crippen molar-refractivity contribution in [3.63, 3.8) is 0 Å². The second kappa shape index (κ2) is 18.4. The Hall–Kier alpha value is -0.830. The summed E-state index contributed by atoms with van der Waals surface area (Å²) in [6, 6.07) is 0. The Bertz CT molecular complexity index is 566. The Labute approximate surface area is 223 Å². The first-order valence-electron chi connectivity index (χ1n) is 16.4. The van der Waals surface area contributed by atoms with Gasteiger partial charge in [-0.05, 0) is 56.3 Å². The van der Waals surface area contributed by atoms with Gasteiger partial charge >= 0.3 is 5.97 Å². The number of carbonyl (C=O) groups is 1. The third-order valence-electron chi connectivity index (χ3n) is 9.72. The number of rotatable bonds is 4. The zero-order valence-electron chi connectivity index (χ0n) is 23.6. The molecule has 3 saturated carbocycles. The van der Waals surface area contributed by atoms with Crippen LogP contribution in [0.5, 0.6) is 0 Å². The summed E-state index contributed by atoms with van der Waals surface area (Å²) in [7, 11) is 0. The largest absolute Gasteiger partial charge is 0.369 e. The molecule has 0 aromatic carbocycles. The van der Waals surface area contributed by atoms with E-state index in [1.54, 1.807) is 0 Å². The molecule has 0 heterocycles. The maximum Gasteiger partial charge on any atom is 0.369 e. The van der Waals surface area contributed by atoms with Crippen molar-refractivity contribution in [3.05, 3.63) is 11.1 Å². The van der Waals surface area contributed by atoms with E-state index >= 15 is 0 Å². The van der Waals surface area contributed by atoms with Gasteiger partial charge in [0.2, 0.25) is 0 Å². The Morgan fingerprint density at radius 3 is 0.944 bits per heavy atom. The van der Waals surface area contributed by atoms with Crippen LogP contribution in [0.4, 0.5) is 0 Å². The second-order valence-electron chi connectivity index (χ2n) is 12.5. The molecule has 0 aliphatic heterocycles. The molecule has 208 valence electrons. The van der Waals surface area contributed by atoms with Gasteiger partial charge in [-0.1, -0.05) is 140 Å². The zero-order valence-corrected chi connectivity index (χ0v) is 23.6. The monoisotopic (exact) mass is 502 g/mol. The maximum atomic E-state index is 13.5. The van der Waals surface area contributed by atoms with Crippen molar-refractivity contribution in [2.75, 3.05) is 0 Å². The van der Waals surface area contributed by atoms with Gasteiger partial charge in [-0.2, -0.15) is 5.26 Å². The molecule has 0 radical (unpaired) electrons. The number of allylic oxidation sites excluding steroid dienone is 1. The second-order valence-corrected chi connectivity index (χ2v) is 12.5. The van der Waals surface area contributed by atoms with E-state index in [9.17, 15) is 10.1 Å². The minimum atomic E-state index is -0.402. The lowest BCUT2D eigenvalue weighted by Gasteiger charge is -2.34. The van der Waals surface area contributed by atoms with E-state index < -0.39 is 5.97 Å². The van der Waals surface area contributed by atoms with Crippen molar-refractivity contribution < 1.29 is 14.9 Å². The Morgan fingerprint density at radius 2 is 0.667 bits per heavy atom. The van der Waals surface area contributed by atoms with E-state index in [1.165, 1.54) is 166 Å². The Balaban J connectivity index is 2.00. The highest BCUT2D eigenvalue weighted by Crippen LogP contribution is 2.42. The van der Waals surface area contributed by atoms with Crippen LogP contribution in [0.2, 0.25) is 0 Å². The van der Waals surface area contributed by atoms with E-state index in [1.807, 2.05) is 0 Å². The normalized spacial score (nSPS) is 24.4. The Kier molecular flexibility index (Phi) is 15.2. The van der Waals surface area contributed by atoms with E-state index in [2.05, 4.69) is 4.89 Å². The molecule has 0 spiro atoms. The summed E-state index contributed by atoms with van der Waals surface area (Å²) in [6.07, 6.45) is 34.8. The highest BCUT2D eigenvalue weighted by Gasteiger charge is 2.33. The van der Waals surface area contributed by atoms with E-state index in [4.69, 9.17) is 0 Å². The van der Waals surface area contributed by atoms with Crippen LogP contribution in [0.1, 0.15) is 173 Å². The smallest absolute Gasteiger partial charge is 0.296 e. The third kappa shape index (κ3) is 10.5. The van der Waals surface area contributed by atoms with E-state index in [0.717, 1.165) is 18.4 Å². The summed E-state index contributed by atoms with van der Waals surface area (Å²) >= 11 is 0. The molecule has 0 aromatic heterocycles. The van der Waals surface area contributed by atoms with Gasteiger partial charge in [0.1, 0.15) is 0 Å². The van der Waals surface area contributed by atoms with Gasteiger partial charge in [-0.25, -0.2) is 4.79 Å². The minimum absolute atomic E-state index is 0.267. The van der Waals surface area contributed by atoms with Gasteiger partial charge in [0, 0.05) is 5.57 Å². The molecule has 0 atom stereocenters. The van der Waals surface area contributed by atoms with E-state index in [-0.39, 0.29) is 5.92 Å². The minimum Gasteiger partial charge on any atom is -0.296 e. The molecule has 3 fully saturated rings. The molecule has 1 N–H and O–H groups in total. The van der Waals surface area contributed by atoms with Gasteiger partial charge in [0.05, 0.1) is 0 Å². The first-order valence-corrected chi connectivity index (χ1v) is 16.4. The van der Waals surface area contributed by atoms with Crippen LogP contribution in [0.15, 0.2) is 11.1 Å². The average molecular weight is 503 g/mol. The summed E-state index contributed by atoms with van der Waals surface area (Å²) in [4.78, 5) is 18.2. The lowest BCUT2D eigenvalue weighted by molar-refractivity contribution is -0.230. The summed E-state index contributed by atoms with van der Waals surface area (Å²) in [6.45, 7) is 0.